The van der Waals surface area contributed by atoms with Gasteiger partial charge < -0.3 is 14.4 Å². The van der Waals surface area contributed by atoms with Gasteiger partial charge in [0.1, 0.15) is 11.9 Å². The van der Waals surface area contributed by atoms with Crippen LogP contribution in [0.4, 0.5) is 0 Å². The highest BCUT2D eigenvalue weighted by molar-refractivity contribution is 5.78. The number of nitrogens with zero attached hydrogens (tertiary/aromatic N) is 3. The summed E-state index contributed by atoms with van der Waals surface area (Å²) in [5.74, 6) is 0.347. The van der Waals surface area contributed by atoms with E-state index in [1.165, 1.54) is 23.8 Å². The fourth-order valence-corrected chi connectivity index (χ4v) is 3.90. The molecule has 0 amide bonds. The predicted octanol–water partition coefficient (Wildman–Crippen LogP) is 4.28. The second kappa shape index (κ2) is 9.32. The largest absolute Gasteiger partial charge is 0.469 e. The van der Waals surface area contributed by atoms with Gasteiger partial charge in [-0.3, -0.25) is 9.78 Å². The van der Waals surface area contributed by atoms with Gasteiger partial charge in [-0.05, 0) is 66.8 Å². The lowest BCUT2D eigenvalue weighted by Crippen LogP contribution is -2.12. The number of rotatable bonds is 7. The van der Waals surface area contributed by atoms with E-state index in [1.807, 2.05) is 12.1 Å². The zero-order valence-corrected chi connectivity index (χ0v) is 18.6. The summed E-state index contributed by atoms with van der Waals surface area (Å²) in [6.07, 6.45) is 3.36. The van der Waals surface area contributed by atoms with Crippen molar-refractivity contribution >= 4 is 17.0 Å². The summed E-state index contributed by atoms with van der Waals surface area (Å²) in [7, 11) is 1.40. The van der Waals surface area contributed by atoms with Crippen LogP contribution in [0.15, 0.2) is 60.9 Å². The number of carbonyl (C=O) groups excluding carboxylic acids is 1. The van der Waals surface area contributed by atoms with Gasteiger partial charge in [0.2, 0.25) is 0 Å². The van der Waals surface area contributed by atoms with Gasteiger partial charge >= 0.3 is 5.97 Å². The van der Waals surface area contributed by atoms with Gasteiger partial charge in [0.25, 0.3) is 0 Å². The number of aryl methyl sites for hydroxylation is 3. The van der Waals surface area contributed by atoms with Crippen molar-refractivity contribution in [1.82, 2.24) is 14.5 Å². The van der Waals surface area contributed by atoms with E-state index in [9.17, 15) is 9.90 Å². The lowest BCUT2D eigenvalue weighted by atomic mass is 10.0. The van der Waals surface area contributed by atoms with Gasteiger partial charge in [-0.25, -0.2) is 4.98 Å². The van der Waals surface area contributed by atoms with Crippen molar-refractivity contribution < 1.29 is 14.6 Å². The standard InChI is InChI=1S/C26H27N3O3/c1-17-4-5-18(2)21(14-17)16-29-23-15-19(7-9-24(30)32-3)6-8-22(23)28-26(29)25(31)20-10-12-27-13-11-20/h4-6,8,10-15,25,31H,7,9,16H2,1-3H3. The Morgan fingerprint density at radius 1 is 1.09 bits per heavy atom. The summed E-state index contributed by atoms with van der Waals surface area (Å²) in [5.41, 5.74) is 7.04. The third-order valence-corrected chi connectivity index (χ3v) is 5.79. The minimum absolute atomic E-state index is 0.234. The number of aliphatic hydroxyl groups is 1. The van der Waals surface area contributed by atoms with Gasteiger partial charge in [-0.1, -0.05) is 29.8 Å². The SMILES string of the molecule is COC(=O)CCc1ccc2nc(C(O)c3ccncc3)n(Cc3cc(C)ccc3C)c2c1. The summed E-state index contributed by atoms with van der Waals surface area (Å²) >= 11 is 0. The second-order valence-corrected chi connectivity index (χ2v) is 8.07. The first-order chi connectivity index (χ1) is 15.5. The van der Waals surface area contributed by atoms with Crippen molar-refractivity contribution in [2.75, 3.05) is 7.11 Å². The Morgan fingerprint density at radius 3 is 2.62 bits per heavy atom. The lowest BCUT2D eigenvalue weighted by molar-refractivity contribution is -0.140. The number of methoxy groups -OCH3 is 1. The number of carbonyl (C=O) groups is 1. The second-order valence-electron chi connectivity index (χ2n) is 8.07. The molecule has 0 aliphatic carbocycles. The summed E-state index contributed by atoms with van der Waals surface area (Å²) in [5, 5.41) is 11.2. The number of ether oxygens (including phenoxy) is 1. The number of imidazole rings is 1. The number of fused-ring (bicyclic) bond motifs is 1. The van der Waals surface area contributed by atoms with Crippen LogP contribution in [0.2, 0.25) is 0 Å². The molecule has 0 aliphatic rings. The number of esters is 1. The number of pyridine rings is 1. The van der Waals surface area contributed by atoms with Crippen molar-refractivity contribution in [3.8, 4) is 0 Å². The van der Waals surface area contributed by atoms with Crippen LogP contribution in [0.1, 0.15) is 46.2 Å². The quantitative estimate of drug-likeness (QED) is 0.444. The summed E-state index contributed by atoms with van der Waals surface area (Å²) in [4.78, 5) is 20.4. The van der Waals surface area contributed by atoms with Crippen LogP contribution in [-0.2, 0) is 22.5 Å². The molecule has 164 valence electrons. The Bertz CT molecular complexity index is 1250. The van der Waals surface area contributed by atoms with Crippen molar-refractivity contribution in [3.05, 3.63) is 94.6 Å². The molecule has 0 saturated carbocycles. The zero-order chi connectivity index (χ0) is 22.7. The number of aromatic nitrogens is 3. The van der Waals surface area contributed by atoms with Crippen molar-refractivity contribution in [1.29, 1.82) is 0 Å². The molecule has 4 aromatic rings. The molecule has 1 atom stereocenters. The molecule has 0 aliphatic heterocycles. The maximum atomic E-state index is 11.6. The van der Waals surface area contributed by atoms with E-state index in [0.717, 1.165) is 22.2 Å². The molecule has 0 bridgehead atoms. The average molecular weight is 430 g/mol. The van der Waals surface area contributed by atoms with E-state index in [1.54, 1.807) is 24.5 Å². The molecule has 0 saturated heterocycles. The van der Waals surface area contributed by atoms with E-state index < -0.39 is 6.10 Å². The van der Waals surface area contributed by atoms with Gasteiger partial charge in [0.15, 0.2) is 0 Å². The minimum Gasteiger partial charge on any atom is -0.469 e. The molecule has 6 nitrogen and oxygen atoms in total. The monoisotopic (exact) mass is 429 g/mol. The third kappa shape index (κ3) is 4.55. The highest BCUT2D eigenvalue weighted by atomic mass is 16.5. The van der Waals surface area contributed by atoms with Gasteiger partial charge in [0.05, 0.1) is 18.1 Å². The molecule has 2 heterocycles. The lowest BCUT2D eigenvalue weighted by Gasteiger charge is -2.16. The summed E-state index contributed by atoms with van der Waals surface area (Å²) in [6.45, 7) is 4.75. The first-order valence-corrected chi connectivity index (χ1v) is 10.7. The molecule has 0 fully saturated rings. The van der Waals surface area contributed by atoms with Gasteiger partial charge in [-0.15, -0.1) is 0 Å². The Hall–Kier alpha value is -3.51. The van der Waals surface area contributed by atoms with Crippen LogP contribution in [0.25, 0.3) is 11.0 Å². The topological polar surface area (TPSA) is 77.2 Å². The summed E-state index contributed by atoms with van der Waals surface area (Å²) < 4.78 is 6.85. The van der Waals surface area contributed by atoms with E-state index in [0.29, 0.717) is 25.2 Å². The maximum absolute atomic E-state index is 11.6. The van der Waals surface area contributed by atoms with E-state index >= 15 is 0 Å². The fourth-order valence-electron chi connectivity index (χ4n) is 3.90. The highest BCUT2D eigenvalue weighted by Gasteiger charge is 2.21. The van der Waals surface area contributed by atoms with E-state index in [4.69, 9.17) is 9.72 Å². The molecular weight excluding hydrogens is 402 g/mol. The minimum atomic E-state index is -0.881. The highest BCUT2D eigenvalue weighted by Crippen LogP contribution is 2.28. The van der Waals surface area contributed by atoms with Crippen molar-refractivity contribution in [2.45, 2.75) is 39.3 Å². The molecule has 1 N–H and O–H groups in total. The number of hydrogen-bond acceptors (Lipinski definition) is 5. The van der Waals surface area contributed by atoms with Gasteiger partial charge in [-0.2, -0.15) is 0 Å². The smallest absolute Gasteiger partial charge is 0.305 e. The first-order valence-electron chi connectivity index (χ1n) is 10.7. The predicted molar refractivity (Wildman–Crippen MR) is 123 cm³/mol. The first kappa shape index (κ1) is 21.7. The van der Waals surface area contributed by atoms with Gasteiger partial charge in [0, 0.05) is 25.4 Å². The Kier molecular flexibility index (Phi) is 6.32. The molecule has 0 radical (unpaired) electrons. The van der Waals surface area contributed by atoms with Crippen LogP contribution in [-0.4, -0.2) is 32.7 Å². The van der Waals surface area contributed by atoms with Crippen LogP contribution < -0.4 is 0 Å². The van der Waals surface area contributed by atoms with Crippen LogP contribution >= 0.6 is 0 Å². The average Bonchev–Trinajstić information content (AvgIpc) is 3.17. The van der Waals surface area contributed by atoms with Crippen molar-refractivity contribution in [3.63, 3.8) is 0 Å². The maximum Gasteiger partial charge on any atom is 0.305 e. The van der Waals surface area contributed by atoms with Crippen molar-refractivity contribution in [2.24, 2.45) is 0 Å². The molecule has 2 aromatic carbocycles. The third-order valence-electron chi connectivity index (χ3n) is 5.79. The summed E-state index contributed by atoms with van der Waals surface area (Å²) in [6, 6.07) is 16.0. The van der Waals surface area contributed by atoms with E-state index in [2.05, 4.69) is 47.7 Å². The zero-order valence-electron chi connectivity index (χ0n) is 18.6. The fraction of sp³-hybridized carbons (Fsp3) is 0.269. The molecule has 32 heavy (non-hydrogen) atoms. The molecular formula is C26H27N3O3. The number of aliphatic hydroxyl groups excluding tert-OH is 1. The van der Waals surface area contributed by atoms with E-state index in [-0.39, 0.29) is 5.97 Å². The Labute approximate surface area is 187 Å². The number of hydrogen-bond donors (Lipinski definition) is 1. The molecule has 1 unspecified atom stereocenters. The molecule has 6 heteroatoms. The number of benzene rings is 2. The normalized spacial score (nSPS) is 12.1. The van der Waals surface area contributed by atoms with Crippen LogP contribution in [0, 0.1) is 13.8 Å². The molecule has 4 rings (SSSR count). The molecule has 2 aromatic heterocycles. The Morgan fingerprint density at radius 2 is 1.88 bits per heavy atom. The molecule has 0 spiro atoms. The van der Waals surface area contributed by atoms with Crippen LogP contribution in [0.5, 0.6) is 0 Å². The van der Waals surface area contributed by atoms with Crippen LogP contribution in [0.3, 0.4) is 0 Å². The Balaban J connectivity index is 1.81.